The Morgan fingerprint density at radius 2 is 1.91 bits per heavy atom. The number of hydrogen-bond acceptors (Lipinski definition) is 3. The van der Waals surface area contributed by atoms with Crippen molar-refractivity contribution in [1.82, 2.24) is 10.2 Å². The van der Waals surface area contributed by atoms with Crippen molar-refractivity contribution < 1.29 is 13.2 Å². The van der Waals surface area contributed by atoms with Crippen LogP contribution in [0.15, 0.2) is 24.3 Å². The van der Waals surface area contributed by atoms with Gasteiger partial charge in [-0.3, -0.25) is 0 Å². The first-order valence-electron chi connectivity index (χ1n) is 7.64. The monoisotopic (exact) mass is 322 g/mol. The summed E-state index contributed by atoms with van der Waals surface area (Å²) in [5.74, 6) is 0.257. The van der Waals surface area contributed by atoms with E-state index in [1.54, 1.807) is 11.9 Å². The molecular weight excluding hydrogens is 300 g/mol. The third kappa shape index (κ3) is 2.97. The molecule has 5 nitrogen and oxygen atoms in total. The zero-order valence-corrected chi connectivity index (χ0v) is 13.8. The summed E-state index contributed by atoms with van der Waals surface area (Å²) in [7, 11) is -1.29. The Kier molecular flexibility index (Phi) is 3.67. The minimum absolute atomic E-state index is 0.0778. The van der Waals surface area contributed by atoms with Crippen molar-refractivity contribution in [2.24, 2.45) is 0 Å². The van der Waals surface area contributed by atoms with Crippen molar-refractivity contribution >= 4 is 15.9 Å². The number of aryl methyl sites for hydroxylation is 1. The molecule has 22 heavy (non-hydrogen) atoms. The fourth-order valence-electron chi connectivity index (χ4n) is 3.02. The van der Waals surface area contributed by atoms with Crippen LogP contribution < -0.4 is 5.32 Å². The first-order valence-corrected chi connectivity index (χ1v) is 9.46. The first kappa shape index (κ1) is 15.3. The molecule has 120 valence electrons. The largest absolute Gasteiger partial charge is 0.328 e. The standard InChI is InChI=1S/C16H22N2O3S/c1-12-3-5-13(6-4-12)16(8-9-16)17-15(19)18(2)14-7-10-22(20,21)11-14/h3-6,14H,7-11H2,1-2H3,(H,17,19). The lowest BCUT2D eigenvalue weighted by Gasteiger charge is -2.27. The van der Waals surface area contributed by atoms with E-state index in [1.165, 1.54) is 5.56 Å². The average molecular weight is 322 g/mol. The van der Waals surface area contributed by atoms with Gasteiger partial charge < -0.3 is 10.2 Å². The predicted octanol–water partition coefficient (Wildman–Crippen LogP) is 1.81. The van der Waals surface area contributed by atoms with Gasteiger partial charge in [0.15, 0.2) is 9.84 Å². The predicted molar refractivity (Wildman–Crippen MR) is 85.4 cm³/mol. The van der Waals surface area contributed by atoms with Crippen molar-refractivity contribution in [3.63, 3.8) is 0 Å². The zero-order chi connectivity index (χ0) is 16.0. The van der Waals surface area contributed by atoms with Gasteiger partial charge in [0.1, 0.15) is 0 Å². The van der Waals surface area contributed by atoms with Crippen LogP contribution >= 0.6 is 0 Å². The molecule has 0 bridgehead atoms. The van der Waals surface area contributed by atoms with Crippen LogP contribution in [0, 0.1) is 6.92 Å². The minimum atomic E-state index is -2.98. The third-order valence-electron chi connectivity index (χ3n) is 4.78. The maximum Gasteiger partial charge on any atom is 0.318 e. The summed E-state index contributed by atoms with van der Waals surface area (Å²) < 4.78 is 23.1. The Bertz CT molecular complexity index is 678. The molecule has 1 aliphatic carbocycles. The summed E-state index contributed by atoms with van der Waals surface area (Å²) in [5.41, 5.74) is 2.05. The van der Waals surface area contributed by atoms with Crippen molar-refractivity contribution in [2.45, 2.75) is 37.8 Å². The molecule has 1 heterocycles. The number of amides is 2. The Labute approximate surface area is 131 Å². The molecule has 2 aliphatic rings. The van der Waals surface area contributed by atoms with Gasteiger partial charge in [-0.05, 0) is 31.7 Å². The number of nitrogens with zero attached hydrogens (tertiary/aromatic N) is 1. The SMILES string of the molecule is Cc1ccc(C2(NC(=O)N(C)C3CCS(=O)(=O)C3)CC2)cc1. The van der Waals surface area contributed by atoms with Gasteiger partial charge in [0.2, 0.25) is 0 Å². The molecule has 1 aliphatic heterocycles. The van der Waals surface area contributed by atoms with Gasteiger partial charge in [0.25, 0.3) is 0 Å². The van der Waals surface area contributed by atoms with Gasteiger partial charge in [0.05, 0.1) is 17.0 Å². The molecule has 2 fully saturated rings. The van der Waals surface area contributed by atoms with Crippen LogP contribution in [0.1, 0.15) is 30.4 Å². The van der Waals surface area contributed by atoms with E-state index in [4.69, 9.17) is 0 Å². The second-order valence-corrected chi connectivity index (χ2v) is 8.77. The minimum Gasteiger partial charge on any atom is -0.328 e. The second-order valence-electron chi connectivity index (χ2n) is 6.55. The van der Waals surface area contributed by atoms with Crippen LogP contribution in [-0.4, -0.2) is 43.9 Å². The Morgan fingerprint density at radius 3 is 2.41 bits per heavy atom. The summed E-state index contributed by atoms with van der Waals surface area (Å²) in [6.07, 6.45) is 2.39. The van der Waals surface area contributed by atoms with Crippen LogP contribution in [-0.2, 0) is 15.4 Å². The summed E-state index contributed by atoms with van der Waals surface area (Å²) in [6, 6.07) is 7.83. The van der Waals surface area contributed by atoms with Crippen LogP contribution in [0.5, 0.6) is 0 Å². The maximum atomic E-state index is 12.5. The third-order valence-corrected chi connectivity index (χ3v) is 6.53. The summed E-state index contributed by atoms with van der Waals surface area (Å²) >= 11 is 0. The normalized spacial score (nSPS) is 24.7. The summed E-state index contributed by atoms with van der Waals surface area (Å²) in [6.45, 7) is 2.04. The smallest absolute Gasteiger partial charge is 0.318 e. The van der Waals surface area contributed by atoms with Gasteiger partial charge >= 0.3 is 6.03 Å². The summed E-state index contributed by atoms with van der Waals surface area (Å²) in [5, 5.41) is 3.10. The van der Waals surface area contributed by atoms with Crippen molar-refractivity contribution in [3.8, 4) is 0 Å². The highest BCUT2D eigenvalue weighted by Gasteiger charge is 2.46. The molecule has 3 rings (SSSR count). The van der Waals surface area contributed by atoms with E-state index in [0.29, 0.717) is 6.42 Å². The molecule has 1 atom stereocenters. The van der Waals surface area contributed by atoms with E-state index in [1.807, 2.05) is 6.92 Å². The van der Waals surface area contributed by atoms with E-state index in [9.17, 15) is 13.2 Å². The van der Waals surface area contributed by atoms with Gasteiger partial charge in [-0.2, -0.15) is 0 Å². The Morgan fingerprint density at radius 1 is 1.27 bits per heavy atom. The molecule has 0 radical (unpaired) electrons. The highest BCUT2D eigenvalue weighted by Crippen LogP contribution is 2.45. The van der Waals surface area contributed by atoms with Crippen LogP contribution in [0.25, 0.3) is 0 Å². The fourth-order valence-corrected chi connectivity index (χ4v) is 4.80. The Balaban J connectivity index is 1.68. The highest BCUT2D eigenvalue weighted by atomic mass is 32.2. The highest BCUT2D eigenvalue weighted by molar-refractivity contribution is 7.91. The average Bonchev–Trinajstić information content (AvgIpc) is 3.15. The summed E-state index contributed by atoms with van der Waals surface area (Å²) in [4.78, 5) is 14.0. The quantitative estimate of drug-likeness (QED) is 0.923. The molecule has 1 aromatic rings. The van der Waals surface area contributed by atoms with Crippen molar-refractivity contribution in [2.75, 3.05) is 18.6 Å². The van der Waals surface area contributed by atoms with E-state index in [0.717, 1.165) is 18.4 Å². The maximum absolute atomic E-state index is 12.5. The molecule has 6 heteroatoms. The zero-order valence-electron chi connectivity index (χ0n) is 13.0. The van der Waals surface area contributed by atoms with Crippen molar-refractivity contribution in [1.29, 1.82) is 0 Å². The van der Waals surface area contributed by atoms with Gasteiger partial charge in [-0.15, -0.1) is 0 Å². The topological polar surface area (TPSA) is 66.5 Å². The van der Waals surface area contributed by atoms with E-state index < -0.39 is 9.84 Å². The van der Waals surface area contributed by atoms with Crippen LogP contribution in [0.4, 0.5) is 4.79 Å². The number of carbonyl (C=O) groups is 1. The van der Waals surface area contributed by atoms with E-state index in [2.05, 4.69) is 29.6 Å². The molecule has 0 aromatic heterocycles. The number of benzene rings is 1. The Hall–Kier alpha value is -1.56. The van der Waals surface area contributed by atoms with Gasteiger partial charge in [-0.25, -0.2) is 13.2 Å². The molecular formula is C16H22N2O3S. The molecule has 0 spiro atoms. The lowest BCUT2D eigenvalue weighted by molar-refractivity contribution is 0.189. The number of carbonyl (C=O) groups excluding carboxylic acids is 1. The van der Waals surface area contributed by atoms with Gasteiger partial charge in [-0.1, -0.05) is 29.8 Å². The number of hydrogen-bond donors (Lipinski definition) is 1. The molecule has 1 aromatic carbocycles. The van der Waals surface area contributed by atoms with Gasteiger partial charge in [0, 0.05) is 13.1 Å². The van der Waals surface area contributed by atoms with E-state index in [-0.39, 0.29) is 29.1 Å². The van der Waals surface area contributed by atoms with Crippen LogP contribution in [0.3, 0.4) is 0 Å². The number of rotatable bonds is 3. The lowest BCUT2D eigenvalue weighted by Crippen LogP contribution is -2.47. The molecule has 1 saturated carbocycles. The van der Waals surface area contributed by atoms with Crippen LogP contribution in [0.2, 0.25) is 0 Å². The number of urea groups is 1. The number of sulfone groups is 1. The fraction of sp³-hybridized carbons (Fsp3) is 0.562. The van der Waals surface area contributed by atoms with E-state index >= 15 is 0 Å². The number of nitrogens with one attached hydrogen (secondary N) is 1. The van der Waals surface area contributed by atoms with Crippen molar-refractivity contribution in [3.05, 3.63) is 35.4 Å². The lowest BCUT2D eigenvalue weighted by atomic mass is 10.0. The second kappa shape index (κ2) is 5.26. The molecule has 1 saturated heterocycles. The first-order chi connectivity index (χ1) is 10.3. The molecule has 1 unspecified atom stereocenters. The molecule has 1 N–H and O–H groups in total. The molecule has 2 amide bonds.